The molecule has 0 aromatic carbocycles. The third kappa shape index (κ3) is 3.42. The Labute approximate surface area is 126 Å². The van der Waals surface area contributed by atoms with Crippen molar-refractivity contribution in [3.05, 3.63) is 15.8 Å². The van der Waals surface area contributed by atoms with E-state index in [4.69, 9.17) is 0 Å². The second-order valence-electron chi connectivity index (χ2n) is 6.43. The van der Waals surface area contributed by atoms with Crippen molar-refractivity contribution < 1.29 is 8.42 Å². The normalized spacial score (nSPS) is 22.3. The van der Waals surface area contributed by atoms with Gasteiger partial charge in [-0.3, -0.25) is 0 Å². The van der Waals surface area contributed by atoms with Gasteiger partial charge in [-0.15, -0.1) is 11.3 Å². The summed E-state index contributed by atoms with van der Waals surface area (Å²) in [5.41, 5.74) is 1.08. The van der Waals surface area contributed by atoms with Crippen LogP contribution in [0.2, 0.25) is 0 Å². The molecule has 1 aromatic rings. The highest BCUT2D eigenvalue weighted by atomic mass is 32.2. The van der Waals surface area contributed by atoms with Gasteiger partial charge in [0.15, 0.2) is 0 Å². The van der Waals surface area contributed by atoms with Gasteiger partial charge in [0.25, 0.3) is 0 Å². The van der Waals surface area contributed by atoms with Gasteiger partial charge >= 0.3 is 0 Å². The fraction of sp³-hybridized carbons (Fsp3) is 0.714. The van der Waals surface area contributed by atoms with Gasteiger partial charge in [0.2, 0.25) is 10.0 Å². The number of hydrogen-bond acceptors (Lipinski definition) is 4. The van der Waals surface area contributed by atoms with Gasteiger partial charge in [-0.1, -0.05) is 13.8 Å². The Morgan fingerprint density at radius 3 is 2.70 bits per heavy atom. The van der Waals surface area contributed by atoms with Gasteiger partial charge in [-0.05, 0) is 49.6 Å². The lowest BCUT2D eigenvalue weighted by atomic mass is 9.92. The van der Waals surface area contributed by atoms with E-state index in [1.807, 2.05) is 19.4 Å². The Balaban J connectivity index is 2.21. The molecule has 4 nitrogen and oxygen atoms in total. The third-order valence-corrected chi connectivity index (χ3v) is 6.87. The Hall–Kier alpha value is -0.430. The fourth-order valence-electron chi connectivity index (χ4n) is 2.95. The number of thiophene rings is 1. The molecule has 1 aromatic heterocycles. The van der Waals surface area contributed by atoms with Crippen LogP contribution in [-0.2, 0) is 16.6 Å². The average molecular weight is 316 g/mol. The van der Waals surface area contributed by atoms with Gasteiger partial charge in [-0.25, -0.2) is 13.1 Å². The van der Waals surface area contributed by atoms with Gasteiger partial charge in [0.1, 0.15) is 4.90 Å². The first-order chi connectivity index (χ1) is 9.25. The molecule has 0 saturated heterocycles. The molecule has 0 amide bonds. The molecule has 1 aliphatic carbocycles. The van der Waals surface area contributed by atoms with E-state index in [1.54, 1.807) is 0 Å². The number of nitrogens with one attached hydrogen (secondary N) is 2. The molecule has 114 valence electrons. The predicted molar refractivity (Wildman–Crippen MR) is 83.6 cm³/mol. The minimum Gasteiger partial charge on any atom is -0.315 e. The van der Waals surface area contributed by atoms with Gasteiger partial charge in [0, 0.05) is 17.5 Å². The van der Waals surface area contributed by atoms with Crippen LogP contribution in [0.1, 0.15) is 43.6 Å². The maximum absolute atomic E-state index is 12.6. The second kappa shape index (κ2) is 5.75. The lowest BCUT2D eigenvalue weighted by Crippen LogP contribution is -2.34. The molecular weight excluding hydrogens is 292 g/mol. The third-order valence-electron chi connectivity index (χ3n) is 3.89. The molecule has 2 rings (SSSR count). The molecule has 1 atom stereocenters. The summed E-state index contributed by atoms with van der Waals surface area (Å²) in [5, 5.41) is 4.95. The Morgan fingerprint density at radius 2 is 2.15 bits per heavy atom. The maximum atomic E-state index is 12.6. The van der Waals surface area contributed by atoms with Crippen LogP contribution in [0.15, 0.2) is 10.3 Å². The van der Waals surface area contributed by atoms with Crippen molar-refractivity contribution >= 4 is 21.4 Å². The summed E-state index contributed by atoms with van der Waals surface area (Å²) >= 11 is 1.50. The first kappa shape index (κ1) is 15.9. The average Bonchev–Trinajstić information content (AvgIpc) is 2.82. The second-order valence-corrected chi connectivity index (χ2v) is 9.04. The lowest BCUT2D eigenvalue weighted by Gasteiger charge is -2.18. The summed E-state index contributed by atoms with van der Waals surface area (Å²) in [4.78, 5) is 1.36. The van der Waals surface area contributed by atoms with Crippen LogP contribution in [0.4, 0.5) is 0 Å². The molecule has 1 unspecified atom stereocenters. The van der Waals surface area contributed by atoms with Crippen LogP contribution in [-0.4, -0.2) is 21.5 Å². The molecule has 2 N–H and O–H groups in total. The van der Waals surface area contributed by atoms with Crippen LogP contribution < -0.4 is 10.0 Å². The molecule has 0 radical (unpaired) electrons. The van der Waals surface area contributed by atoms with Crippen LogP contribution >= 0.6 is 11.3 Å². The molecule has 1 saturated carbocycles. The standard InChI is InChI=1S/C14H24N2O2S2/c1-10-9-19-12(8-15-4)13(10)20(17,18)16-11-5-6-14(2,3)7-11/h9,11,15-16H,5-8H2,1-4H3. The summed E-state index contributed by atoms with van der Waals surface area (Å²) < 4.78 is 28.2. The minimum atomic E-state index is -3.41. The molecule has 20 heavy (non-hydrogen) atoms. The highest BCUT2D eigenvalue weighted by Gasteiger charge is 2.34. The zero-order valence-corrected chi connectivity index (χ0v) is 14.2. The van der Waals surface area contributed by atoms with E-state index in [-0.39, 0.29) is 11.5 Å². The molecule has 0 spiro atoms. The molecular formula is C14H24N2O2S2. The fourth-order valence-corrected chi connectivity index (χ4v) is 6.04. The van der Waals surface area contributed by atoms with Crippen molar-refractivity contribution in [2.75, 3.05) is 7.05 Å². The van der Waals surface area contributed by atoms with Crippen molar-refractivity contribution in [2.45, 2.75) is 57.5 Å². The Bertz CT molecular complexity index is 576. The van der Waals surface area contributed by atoms with E-state index < -0.39 is 10.0 Å². The largest absolute Gasteiger partial charge is 0.315 e. The van der Waals surface area contributed by atoms with Gasteiger partial charge in [0.05, 0.1) is 0 Å². The number of rotatable bonds is 5. The molecule has 6 heteroatoms. The molecule has 0 bridgehead atoms. The first-order valence-corrected chi connectivity index (χ1v) is 9.35. The quantitative estimate of drug-likeness (QED) is 0.878. The van der Waals surface area contributed by atoms with Gasteiger partial charge in [-0.2, -0.15) is 0 Å². The van der Waals surface area contributed by atoms with Crippen molar-refractivity contribution in [2.24, 2.45) is 5.41 Å². The predicted octanol–water partition coefficient (Wildman–Crippen LogP) is 2.63. The zero-order chi connectivity index (χ0) is 15.0. The van der Waals surface area contributed by atoms with E-state index in [9.17, 15) is 8.42 Å². The van der Waals surface area contributed by atoms with Crippen LogP contribution in [0.25, 0.3) is 0 Å². The van der Waals surface area contributed by atoms with E-state index in [1.165, 1.54) is 11.3 Å². The number of aryl methyl sites for hydroxylation is 1. The summed E-state index contributed by atoms with van der Waals surface area (Å²) in [6.07, 6.45) is 2.92. The van der Waals surface area contributed by atoms with E-state index in [0.29, 0.717) is 11.4 Å². The zero-order valence-electron chi connectivity index (χ0n) is 12.6. The van der Waals surface area contributed by atoms with Gasteiger partial charge < -0.3 is 5.32 Å². The summed E-state index contributed by atoms with van der Waals surface area (Å²) in [6, 6.07) is 0.0664. The van der Waals surface area contributed by atoms with Crippen molar-refractivity contribution in [3.63, 3.8) is 0 Å². The van der Waals surface area contributed by atoms with Crippen molar-refractivity contribution in [3.8, 4) is 0 Å². The highest BCUT2D eigenvalue weighted by molar-refractivity contribution is 7.89. The van der Waals surface area contributed by atoms with E-state index >= 15 is 0 Å². The molecule has 0 aliphatic heterocycles. The number of sulfonamides is 1. The Morgan fingerprint density at radius 1 is 1.45 bits per heavy atom. The highest BCUT2D eigenvalue weighted by Crippen LogP contribution is 2.38. The minimum absolute atomic E-state index is 0.0664. The van der Waals surface area contributed by atoms with E-state index in [2.05, 4.69) is 23.9 Å². The topological polar surface area (TPSA) is 58.2 Å². The number of hydrogen-bond donors (Lipinski definition) is 2. The van der Waals surface area contributed by atoms with Crippen LogP contribution in [0, 0.1) is 12.3 Å². The molecule has 1 fully saturated rings. The Kier molecular flexibility index (Phi) is 4.59. The molecule has 1 aliphatic rings. The lowest BCUT2D eigenvalue weighted by molar-refractivity contribution is 0.372. The van der Waals surface area contributed by atoms with Crippen LogP contribution in [0.5, 0.6) is 0 Å². The van der Waals surface area contributed by atoms with Crippen molar-refractivity contribution in [1.82, 2.24) is 10.0 Å². The SMILES string of the molecule is CNCc1scc(C)c1S(=O)(=O)NC1CCC(C)(C)C1. The smallest absolute Gasteiger partial charge is 0.242 e. The van der Waals surface area contributed by atoms with Crippen LogP contribution in [0.3, 0.4) is 0 Å². The summed E-state index contributed by atoms with van der Waals surface area (Å²) in [5.74, 6) is 0. The van der Waals surface area contributed by atoms with E-state index in [0.717, 1.165) is 29.7 Å². The van der Waals surface area contributed by atoms with Crippen molar-refractivity contribution in [1.29, 1.82) is 0 Å². The summed E-state index contributed by atoms with van der Waals surface area (Å²) in [6.45, 7) is 6.85. The monoisotopic (exact) mass is 316 g/mol. The first-order valence-electron chi connectivity index (χ1n) is 6.99. The molecule has 1 heterocycles. The summed E-state index contributed by atoms with van der Waals surface area (Å²) in [7, 11) is -1.58. The maximum Gasteiger partial charge on any atom is 0.242 e.